The van der Waals surface area contributed by atoms with Gasteiger partial charge in [-0.25, -0.2) is 0 Å². The molecule has 0 heterocycles. The lowest BCUT2D eigenvalue weighted by Gasteiger charge is -2.45. The average molecular weight is 347 g/mol. The molecule has 4 N–H and O–H groups in total. The zero-order valence-electron chi connectivity index (χ0n) is 15.2. The smallest absolute Gasteiger partial charge is 0.322 e. The lowest BCUT2D eigenvalue weighted by Crippen LogP contribution is -2.43. The number of hydrogen-bond acceptors (Lipinski definition) is 4. The molecule has 1 unspecified atom stereocenters. The number of hydrogen-bond donors (Lipinski definition) is 4. The molecule has 1 fully saturated rings. The highest BCUT2D eigenvalue weighted by atomic mass is 32.1. The highest BCUT2D eigenvalue weighted by Gasteiger charge is 2.38. The summed E-state index contributed by atoms with van der Waals surface area (Å²) in [5, 5.41) is 10.3. The fourth-order valence-corrected chi connectivity index (χ4v) is 3.42. The zero-order chi connectivity index (χ0) is 18.3. The molecule has 6 heteroatoms. The minimum atomic E-state index is -1.09. The largest absolute Gasteiger partial charge is 0.480 e. The van der Waals surface area contributed by atoms with Crippen LogP contribution in [0.25, 0.3) is 0 Å². The molecular formula is C17H34N2O3S. The van der Waals surface area contributed by atoms with Gasteiger partial charge in [-0.3, -0.25) is 9.59 Å². The molecule has 0 spiro atoms. The van der Waals surface area contributed by atoms with Crippen LogP contribution in [0, 0.1) is 35.5 Å². The molecule has 0 aliphatic heterocycles. The van der Waals surface area contributed by atoms with Crippen molar-refractivity contribution >= 4 is 24.5 Å². The number of carbonyl (C=O) groups is 2. The van der Waals surface area contributed by atoms with Crippen LogP contribution in [0.4, 0.5) is 0 Å². The minimum Gasteiger partial charge on any atom is -0.480 e. The Morgan fingerprint density at radius 2 is 1.26 bits per heavy atom. The van der Waals surface area contributed by atoms with Crippen LogP contribution >= 0.6 is 12.6 Å². The molecule has 1 aliphatic rings. The van der Waals surface area contributed by atoms with Crippen LogP contribution in [0.15, 0.2) is 0 Å². The summed E-state index contributed by atoms with van der Waals surface area (Å²) in [5.74, 6) is 4.06. The van der Waals surface area contributed by atoms with E-state index in [1.807, 2.05) is 0 Å². The van der Waals surface area contributed by atoms with Crippen LogP contribution in [0.1, 0.15) is 41.5 Å². The SMILES string of the molecule is CC1C(C)C(C)C(C)C(C)C1C.NC(CS)C(=O)NCC(=O)O. The van der Waals surface area contributed by atoms with Gasteiger partial charge in [-0.05, 0) is 35.5 Å². The maximum Gasteiger partial charge on any atom is 0.322 e. The first kappa shape index (κ1) is 22.2. The number of carboxylic acids is 1. The van der Waals surface area contributed by atoms with Crippen molar-refractivity contribution in [1.82, 2.24) is 5.32 Å². The van der Waals surface area contributed by atoms with Gasteiger partial charge in [0.1, 0.15) is 6.54 Å². The molecule has 0 aromatic heterocycles. The van der Waals surface area contributed by atoms with Gasteiger partial charge >= 0.3 is 5.97 Å². The Kier molecular flexibility index (Phi) is 9.85. The van der Waals surface area contributed by atoms with Gasteiger partial charge in [-0.1, -0.05) is 41.5 Å². The van der Waals surface area contributed by atoms with Gasteiger partial charge in [0.2, 0.25) is 5.91 Å². The first-order chi connectivity index (χ1) is 10.5. The van der Waals surface area contributed by atoms with E-state index in [1.54, 1.807) is 0 Å². The van der Waals surface area contributed by atoms with Gasteiger partial charge in [-0.2, -0.15) is 12.6 Å². The van der Waals surface area contributed by atoms with E-state index in [0.717, 1.165) is 35.5 Å². The Labute approximate surface area is 146 Å². The van der Waals surface area contributed by atoms with Gasteiger partial charge in [-0.15, -0.1) is 0 Å². The van der Waals surface area contributed by atoms with Crippen molar-refractivity contribution in [3.8, 4) is 0 Å². The molecule has 0 aromatic carbocycles. The van der Waals surface area contributed by atoms with Crippen LogP contribution in [-0.2, 0) is 9.59 Å². The third-order valence-electron chi connectivity index (χ3n) is 5.92. The zero-order valence-corrected chi connectivity index (χ0v) is 16.1. The van der Waals surface area contributed by atoms with Crippen LogP contribution in [-0.4, -0.2) is 35.3 Å². The summed E-state index contributed by atoms with van der Waals surface area (Å²) in [5.41, 5.74) is 5.22. The molecule has 0 saturated heterocycles. The van der Waals surface area contributed by atoms with E-state index in [1.165, 1.54) is 0 Å². The minimum absolute atomic E-state index is 0.200. The number of nitrogens with one attached hydrogen (secondary N) is 1. The summed E-state index contributed by atoms with van der Waals surface area (Å²) in [6.07, 6.45) is 0. The van der Waals surface area contributed by atoms with Gasteiger partial charge in [0, 0.05) is 5.75 Å². The van der Waals surface area contributed by atoms with Crippen molar-refractivity contribution in [2.24, 2.45) is 41.2 Å². The molecule has 0 bridgehead atoms. The van der Waals surface area contributed by atoms with Crippen molar-refractivity contribution in [3.63, 3.8) is 0 Å². The number of amides is 1. The Balaban J connectivity index is 0.000000423. The number of rotatable bonds is 4. The number of aliphatic carboxylic acids is 1. The highest BCUT2D eigenvalue weighted by molar-refractivity contribution is 7.80. The summed E-state index contributed by atoms with van der Waals surface area (Å²) >= 11 is 3.77. The summed E-state index contributed by atoms with van der Waals surface area (Å²) in [7, 11) is 0. The average Bonchev–Trinajstić information content (AvgIpc) is 2.53. The summed E-state index contributed by atoms with van der Waals surface area (Å²) < 4.78 is 0. The molecule has 23 heavy (non-hydrogen) atoms. The molecule has 1 aliphatic carbocycles. The molecule has 136 valence electrons. The van der Waals surface area contributed by atoms with Crippen molar-refractivity contribution in [1.29, 1.82) is 0 Å². The number of carbonyl (C=O) groups excluding carboxylic acids is 1. The van der Waals surface area contributed by atoms with Crippen molar-refractivity contribution in [3.05, 3.63) is 0 Å². The van der Waals surface area contributed by atoms with E-state index in [4.69, 9.17) is 10.8 Å². The normalized spacial score (nSPS) is 34.8. The van der Waals surface area contributed by atoms with Gasteiger partial charge in [0.25, 0.3) is 0 Å². The van der Waals surface area contributed by atoms with Gasteiger partial charge < -0.3 is 16.2 Å². The van der Waals surface area contributed by atoms with Crippen molar-refractivity contribution in [2.45, 2.75) is 47.6 Å². The maximum atomic E-state index is 10.7. The second-order valence-electron chi connectivity index (χ2n) is 7.06. The summed E-state index contributed by atoms with van der Waals surface area (Å²) in [6, 6.07) is -0.738. The Morgan fingerprint density at radius 3 is 1.48 bits per heavy atom. The predicted octanol–water partition coefficient (Wildman–Crippen LogP) is 2.26. The lowest BCUT2D eigenvalue weighted by molar-refractivity contribution is -0.138. The third kappa shape index (κ3) is 6.71. The second kappa shape index (κ2) is 10.2. The van der Waals surface area contributed by atoms with E-state index >= 15 is 0 Å². The maximum absolute atomic E-state index is 10.7. The Morgan fingerprint density at radius 1 is 0.957 bits per heavy atom. The van der Waals surface area contributed by atoms with E-state index in [9.17, 15) is 9.59 Å². The van der Waals surface area contributed by atoms with Crippen LogP contribution < -0.4 is 11.1 Å². The first-order valence-electron chi connectivity index (χ1n) is 8.40. The standard InChI is InChI=1S/C12H24.C5H10N2O3S/c1-7-8(2)10(4)12(6)11(5)9(7)3;6-3(2-11)5(10)7-1-4(8)9/h7-12H,1-6H3;3,11H,1-2,6H2,(H,7,10)(H,8,9). The van der Waals surface area contributed by atoms with E-state index in [2.05, 4.69) is 59.5 Å². The Bertz CT molecular complexity index is 334. The second-order valence-corrected chi connectivity index (χ2v) is 7.42. The summed E-state index contributed by atoms with van der Waals surface area (Å²) in [6.45, 7) is 14.1. The molecule has 1 rings (SSSR count). The van der Waals surface area contributed by atoms with Gasteiger partial charge in [0.05, 0.1) is 6.04 Å². The molecule has 1 saturated carbocycles. The molecule has 1 atom stereocenters. The highest BCUT2D eigenvalue weighted by Crippen LogP contribution is 2.44. The topological polar surface area (TPSA) is 92.4 Å². The fourth-order valence-electron chi connectivity index (χ4n) is 3.25. The number of nitrogens with two attached hydrogens (primary N) is 1. The van der Waals surface area contributed by atoms with E-state index < -0.39 is 24.5 Å². The Hall–Kier alpha value is -0.750. The molecule has 0 radical (unpaired) electrons. The fraction of sp³-hybridized carbons (Fsp3) is 0.882. The van der Waals surface area contributed by atoms with Crippen LogP contribution in [0.5, 0.6) is 0 Å². The molecule has 1 amide bonds. The lowest BCUT2D eigenvalue weighted by atomic mass is 9.60. The number of carboxylic acid groups (broad SMARTS) is 1. The molecular weight excluding hydrogens is 312 g/mol. The van der Waals surface area contributed by atoms with Crippen LogP contribution in [0.3, 0.4) is 0 Å². The molecule has 0 aromatic rings. The summed E-state index contributed by atoms with van der Waals surface area (Å²) in [4.78, 5) is 20.7. The monoisotopic (exact) mass is 346 g/mol. The van der Waals surface area contributed by atoms with Crippen LogP contribution in [0.2, 0.25) is 0 Å². The van der Waals surface area contributed by atoms with Crippen molar-refractivity contribution in [2.75, 3.05) is 12.3 Å². The number of thiol groups is 1. The van der Waals surface area contributed by atoms with Gasteiger partial charge in [0.15, 0.2) is 0 Å². The van der Waals surface area contributed by atoms with E-state index in [0.29, 0.717) is 0 Å². The van der Waals surface area contributed by atoms with E-state index in [-0.39, 0.29) is 5.75 Å². The first-order valence-corrected chi connectivity index (χ1v) is 9.03. The quantitative estimate of drug-likeness (QED) is 0.588. The predicted molar refractivity (Wildman–Crippen MR) is 97.5 cm³/mol. The molecule has 5 nitrogen and oxygen atoms in total. The van der Waals surface area contributed by atoms with Crippen molar-refractivity contribution < 1.29 is 14.7 Å². The third-order valence-corrected chi connectivity index (χ3v) is 6.32.